The first kappa shape index (κ1) is 67.7. The Balaban J connectivity index is 1.04. The molecule has 8 aromatic rings. The van der Waals surface area contributed by atoms with Crippen molar-refractivity contribution in [3.05, 3.63) is 112 Å². The summed E-state index contributed by atoms with van der Waals surface area (Å²) >= 11 is 4.65. The lowest BCUT2D eigenvalue weighted by Gasteiger charge is -2.48. The van der Waals surface area contributed by atoms with Crippen LogP contribution >= 0.6 is 56.7 Å². The normalized spacial score (nSPS) is 24.2. The number of ether oxygens (including phenoxy) is 6. The SMILES string of the molecule is CO/C(C)=C1/NC(=O)C(C(C)O)NC(=O)c2csc(n2)-c2cc(O)c(-c3nc(CNC(=O)C(N)=O)cs3)nc2-c2csc(n2)C2COC(=O)c3c4c5c(cccc5n3O)COC(=O)C(OC3CC(C)(O)C(N(C)C)C(C)O3)C(OC4)C(NC(=O)c3csc1n3)c1nc(cs1)C(=O)N2. The van der Waals surface area contributed by atoms with Crippen molar-refractivity contribution in [2.24, 2.45) is 5.73 Å². The van der Waals surface area contributed by atoms with Gasteiger partial charge >= 0.3 is 23.8 Å². The molecule has 0 saturated carbocycles. The van der Waals surface area contributed by atoms with Gasteiger partial charge in [0.1, 0.15) is 114 Å². The van der Waals surface area contributed by atoms with E-state index in [0.29, 0.717) is 10.3 Å². The lowest BCUT2D eigenvalue weighted by Crippen LogP contribution is -2.62. The van der Waals surface area contributed by atoms with Gasteiger partial charge in [0, 0.05) is 49.8 Å². The maximum absolute atomic E-state index is 15.2. The molecule has 0 aliphatic carbocycles. The lowest BCUT2D eigenvalue weighted by atomic mass is 9.85. The summed E-state index contributed by atoms with van der Waals surface area (Å²) in [6, 6.07) is 0.729. The molecule has 10 unspecified atom stereocenters. The number of allylic oxidation sites excluding steroid dienone is 1. The fourth-order valence-electron chi connectivity index (χ4n) is 11.7. The molecule has 10 atom stereocenters. The Kier molecular flexibility index (Phi) is 19.1. The van der Waals surface area contributed by atoms with Gasteiger partial charge in [-0.25, -0.2) is 39.5 Å². The Morgan fingerprint density at radius 2 is 1.53 bits per heavy atom. The van der Waals surface area contributed by atoms with E-state index in [0.717, 1.165) is 56.7 Å². The summed E-state index contributed by atoms with van der Waals surface area (Å²) in [4.78, 5) is 142. The molecule has 4 aliphatic rings. The zero-order valence-electron chi connectivity index (χ0n) is 52.1. The average molecular weight is 1430 g/mol. The molecule has 1 aromatic carbocycles. The number of fused-ring (bicyclic) bond motifs is 15. The Bertz CT molecular complexity index is 4510. The number of primary amides is 1. The summed E-state index contributed by atoms with van der Waals surface area (Å²) in [5.41, 5.74) is 3.01. The van der Waals surface area contributed by atoms with E-state index in [4.69, 9.17) is 49.1 Å². The van der Waals surface area contributed by atoms with Gasteiger partial charge in [0.15, 0.2) is 18.1 Å². The van der Waals surface area contributed by atoms with Crippen LogP contribution in [-0.4, -0.2) is 184 Å². The van der Waals surface area contributed by atoms with Crippen molar-refractivity contribution in [3.8, 4) is 38.4 Å². The molecule has 4 aliphatic heterocycles. The zero-order valence-corrected chi connectivity index (χ0v) is 56.2. The Morgan fingerprint density at radius 3 is 2.25 bits per heavy atom. The smallest absolute Gasteiger partial charge is 0.358 e. The van der Waals surface area contributed by atoms with E-state index in [9.17, 15) is 44.5 Å². The molecule has 0 radical (unpaired) electrons. The Morgan fingerprint density at radius 1 is 0.856 bits per heavy atom. The minimum atomic E-state index is -1.91. The number of rotatable bonds is 8. The van der Waals surface area contributed by atoms with E-state index >= 15 is 14.4 Å². The van der Waals surface area contributed by atoms with Crippen LogP contribution in [0.25, 0.3) is 49.3 Å². The third-order valence-corrected chi connectivity index (χ3v) is 20.7. The fraction of sp³-hybridized carbons (Fsp3) is 0.367. The zero-order chi connectivity index (χ0) is 69.0. The van der Waals surface area contributed by atoms with Crippen molar-refractivity contribution < 1.29 is 87.3 Å². The molecule has 508 valence electrons. The van der Waals surface area contributed by atoms with E-state index < -0.39 is 139 Å². The standard InChI is InChI=1S/C60H60N14O18S5/c1-22(75)38-51(81)71-39(23(2)87-7)55-67-33(21-96-55)50(80)72-42-44-45(92-36-12-60(4,85)46(73(5)6)24(3)91-36)59(84)89-14-25-9-8-10-34-37(25)28(15-88-44)43(74(34)86)58(83)90-16-29(64-48(78)31-20-97-57(42)68-31)54-65-30(18-95-54)40-27(53-66-32(19-94-53)49(79)70-38)11-35(76)41(69-40)56-63-26(17-93-56)13-62-52(82)47(61)77/h8-11,17-22,24,29,36,38,42,44-46,75-76,85-86H,12-16H2,1-7H3,(H2,61,77)(H,62,82)(H,64,78)(H,70,79)(H,71,81)(H,72,80)/b39-23+. The summed E-state index contributed by atoms with van der Waals surface area (Å²) in [6.45, 7) is 4.05. The van der Waals surface area contributed by atoms with Crippen LogP contribution in [0.5, 0.6) is 5.75 Å². The molecule has 97 heavy (non-hydrogen) atoms. The largest absolute Gasteiger partial charge is 0.506 e. The van der Waals surface area contributed by atoms with E-state index in [-0.39, 0.29) is 111 Å². The molecule has 1 fully saturated rings. The first-order chi connectivity index (χ1) is 46.3. The number of aliphatic hydroxyl groups is 2. The van der Waals surface area contributed by atoms with E-state index in [1.165, 1.54) is 54.6 Å². The number of esters is 2. The third kappa shape index (κ3) is 13.5. The summed E-state index contributed by atoms with van der Waals surface area (Å²) in [5, 5.41) is 67.9. The summed E-state index contributed by atoms with van der Waals surface area (Å²) in [7, 11) is 4.84. The number of hydrogen-bond acceptors (Lipinski definition) is 30. The van der Waals surface area contributed by atoms with Crippen LogP contribution in [0.15, 0.2) is 56.9 Å². The van der Waals surface area contributed by atoms with Gasteiger partial charge in [0.05, 0.1) is 55.3 Å². The predicted molar refractivity (Wildman–Crippen MR) is 345 cm³/mol. The maximum atomic E-state index is 15.2. The summed E-state index contributed by atoms with van der Waals surface area (Å²) < 4.78 is 38.2. The number of carbonyl (C=O) groups is 8. The number of aromatic nitrogens is 7. The second kappa shape index (κ2) is 27.3. The number of carbonyl (C=O) groups excluding carboxylic acids is 8. The van der Waals surface area contributed by atoms with Crippen molar-refractivity contribution in [1.82, 2.24) is 66.1 Å². The van der Waals surface area contributed by atoms with Gasteiger partial charge in [-0.3, -0.25) is 28.8 Å². The van der Waals surface area contributed by atoms with Crippen molar-refractivity contribution >= 4 is 121 Å². The minimum absolute atomic E-state index is 0.0135. The molecular formula is C60H60N14O18S5. The number of nitrogens with two attached hydrogens (primary N) is 1. The van der Waals surface area contributed by atoms with Gasteiger partial charge in [-0.05, 0) is 59.5 Å². The summed E-state index contributed by atoms with van der Waals surface area (Å²) in [6.07, 6.45) is -7.52. The van der Waals surface area contributed by atoms with E-state index in [1.54, 1.807) is 50.4 Å². The molecule has 0 spiro atoms. The highest BCUT2D eigenvalue weighted by Crippen LogP contribution is 2.43. The van der Waals surface area contributed by atoms with Gasteiger partial charge in [-0.2, -0.15) is 4.73 Å². The van der Waals surface area contributed by atoms with Crippen LogP contribution in [0.4, 0.5) is 0 Å². The molecule has 11 heterocycles. The van der Waals surface area contributed by atoms with Gasteiger partial charge in [0.25, 0.3) is 17.7 Å². The number of nitrogens with zero attached hydrogens (tertiary/aromatic N) is 8. The van der Waals surface area contributed by atoms with E-state index in [2.05, 4.69) is 41.5 Å². The van der Waals surface area contributed by atoms with Crippen molar-refractivity contribution in [3.63, 3.8) is 0 Å². The number of aromatic hydroxyl groups is 1. The number of aliphatic hydroxyl groups excluding tert-OH is 1. The highest BCUT2D eigenvalue weighted by atomic mass is 32.1. The monoisotopic (exact) mass is 1420 g/mol. The number of methoxy groups -OCH3 is 1. The highest BCUT2D eigenvalue weighted by molar-refractivity contribution is 7.14. The number of likely N-dealkylation sites (N-methyl/N-ethyl adjacent to an activating group) is 1. The molecule has 37 heteroatoms. The highest BCUT2D eigenvalue weighted by Gasteiger charge is 2.50. The van der Waals surface area contributed by atoms with Crippen LogP contribution in [0, 0.1) is 0 Å². The third-order valence-electron chi connectivity index (χ3n) is 16.2. The fourth-order valence-corrected chi connectivity index (χ4v) is 15.9. The topological polar surface area (TPSA) is 445 Å². The second-order valence-corrected chi connectivity index (χ2v) is 27.5. The molecule has 7 aromatic heterocycles. The Hall–Kier alpha value is -9.28. The van der Waals surface area contributed by atoms with Crippen LogP contribution in [0.2, 0.25) is 0 Å². The van der Waals surface area contributed by atoms with Crippen LogP contribution in [-0.2, 0) is 67.4 Å². The van der Waals surface area contributed by atoms with Gasteiger partial charge in [-0.1, -0.05) is 12.1 Å². The first-order valence-corrected chi connectivity index (χ1v) is 33.9. The number of thiazole rings is 5. The number of pyridine rings is 1. The lowest BCUT2D eigenvalue weighted by molar-refractivity contribution is -0.280. The van der Waals surface area contributed by atoms with Crippen LogP contribution in [0.1, 0.15) is 120 Å². The maximum Gasteiger partial charge on any atom is 0.358 e. The van der Waals surface area contributed by atoms with Crippen molar-refractivity contribution in [2.75, 3.05) is 27.8 Å². The number of amides is 6. The van der Waals surface area contributed by atoms with Crippen molar-refractivity contribution in [1.29, 1.82) is 0 Å². The van der Waals surface area contributed by atoms with Gasteiger partial charge in [-0.15, -0.1) is 56.7 Å². The minimum Gasteiger partial charge on any atom is -0.506 e. The van der Waals surface area contributed by atoms with Crippen LogP contribution < -0.4 is 32.3 Å². The predicted octanol–water partition coefficient (Wildman–Crippen LogP) is 3.26. The molecule has 11 N–H and O–H groups in total. The molecule has 12 bridgehead atoms. The number of hydrogen-bond donors (Lipinski definition) is 10. The molecule has 12 rings (SSSR count). The van der Waals surface area contributed by atoms with E-state index in [1.807, 2.05) is 0 Å². The number of benzene rings is 1. The molecule has 6 amide bonds. The quantitative estimate of drug-likeness (QED) is 0.0451. The van der Waals surface area contributed by atoms with Crippen LogP contribution in [0.3, 0.4) is 0 Å². The Labute approximate surface area is 568 Å². The molecule has 32 nitrogen and oxygen atoms in total. The second-order valence-electron chi connectivity index (χ2n) is 23.2. The number of nitrogens with one attached hydrogen (secondary N) is 5. The average Bonchev–Trinajstić information content (AvgIpc) is 1.61. The molecular weight excluding hydrogens is 1370 g/mol. The first-order valence-electron chi connectivity index (χ1n) is 29.5. The molecule has 1 saturated heterocycles. The number of cyclic esters (lactones) is 2. The van der Waals surface area contributed by atoms with Gasteiger partial charge in [0.2, 0.25) is 5.91 Å². The van der Waals surface area contributed by atoms with Gasteiger partial charge < -0.3 is 86.2 Å². The van der Waals surface area contributed by atoms with Crippen molar-refractivity contribution in [2.45, 2.75) is 114 Å². The summed E-state index contributed by atoms with van der Waals surface area (Å²) in [5.74, 6) is -8.58.